The Morgan fingerprint density at radius 2 is 1.61 bits per heavy atom. The van der Waals surface area contributed by atoms with E-state index in [1.165, 1.54) is 12.1 Å². The lowest BCUT2D eigenvalue weighted by Gasteiger charge is -2.14. The third-order valence-electron chi connectivity index (χ3n) is 3.35. The highest BCUT2D eigenvalue weighted by molar-refractivity contribution is 6.21. The molecule has 5 nitrogen and oxygen atoms in total. The molecule has 1 aliphatic rings. The monoisotopic (exact) mass is 317 g/mol. The van der Waals surface area contributed by atoms with Gasteiger partial charge in [0.2, 0.25) is 0 Å². The molecule has 0 saturated heterocycles. The van der Waals surface area contributed by atoms with Crippen molar-refractivity contribution in [2.75, 3.05) is 6.73 Å². The minimum atomic E-state index is -1.17. The van der Waals surface area contributed by atoms with E-state index in [0.29, 0.717) is 6.07 Å². The topological polar surface area (TPSA) is 63.7 Å². The van der Waals surface area contributed by atoms with E-state index in [9.17, 15) is 23.2 Å². The molecular weight excluding hydrogens is 308 g/mol. The number of rotatable bonds is 3. The van der Waals surface area contributed by atoms with Crippen molar-refractivity contribution in [2.45, 2.75) is 0 Å². The summed E-state index contributed by atoms with van der Waals surface area (Å²) in [6.07, 6.45) is 0. The highest BCUT2D eigenvalue weighted by atomic mass is 19.1. The van der Waals surface area contributed by atoms with Gasteiger partial charge in [-0.2, -0.15) is 0 Å². The number of carbonyl (C=O) groups excluding carboxylic acids is 3. The average Bonchev–Trinajstić information content (AvgIpc) is 2.79. The van der Waals surface area contributed by atoms with Gasteiger partial charge in [0.05, 0.1) is 16.7 Å². The molecule has 0 saturated carbocycles. The molecule has 3 rings (SSSR count). The highest BCUT2D eigenvalue weighted by Crippen LogP contribution is 2.22. The van der Waals surface area contributed by atoms with Crippen LogP contribution in [0, 0.1) is 11.6 Å². The minimum Gasteiger partial charge on any atom is -0.440 e. The summed E-state index contributed by atoms with van der Waals surface area (Å²) in [4.78, 5) is 36.6. The first-order valence-electron chi connectivity index (χ1n) is 6.56. The molecule has 0 spiro atoms. The molecule has 0 unspecified atom stereocenters. The summed E-state index contributed by atoms with van der Waals surface area (Å²) in [6.45, 7) is -0.679. The maximum atomic E-state index is 13.5. The molecule has 2 aromatic rings. The normalized spacial score (nSPS) is 13.2. The summed E-state index contributed by atoms with van der Waals surface area (Å²) in [5, 5.41) is 0. The fourth-order valence-corrected chi connectivity index (χ4v) is 2.21. The molecule has 0 atom stereocenters. The number of halogens is 2. The van der Waals surface area contributed by atoms with Crippen molar-refractivity contribution in [3.05, 3.63) is 70.8 Å². The number of imide groups is 1. The Bertz CT molecular complexity index is 800. The number of esters is 1. The maximum absolute atomic E-state index is 13.5. The van der Waals surface area contributed by atoms with E-state index in [4.69, 9.17) is 4.74 Å². The van der Waals surface area contributed by atoms with Gasteiger partial charge in [0.15, 0.2) is 6.73 Å². The molecule has 116 valence electrons. The van der Waals surface area contributed by atoms with Crippen LogP contribution < -0.4 is 0 Å². The van der Waals surface area contributed by atoms with Crippen molar-refractivity contribution in [3.8, 4) is 0 Å². The van der Waals surface area contributed by atoms with Gasteiger partial charge in [0.25, 0.3) is 11.8 Å². The van der Waals surface area contributed by atoms with Gasteiger partial charge >= 0.3 is 5.97 Å². The molecule has 2 aromatic carbocycles. The molecule has 23 heavy (non-hydrogen) atoms. The summed E-state index contributed by atoms with van der Waals surface area (Å²) in [5.74, 6) is -4.16. The zero-order valence-electron chi connectivity index (χ0n) is 11.6. The second kappa shape index (κ2) is 5.60. The van der Waals surface area contributed by atoms with E-state index < -0.39 is 41.7 Å². The lowest BCUT2D eigenvalue weighted by Crippen LogP contribution is -2.33. The summed E-state index contributed by atoms with van der Waals surface area (Å²) in [6, 6.07) is 8.47. The molecule has 1 heterocycles. The standard InChI is InChI=1S/C16H9F2NO4/c17-9-5-6-13(18)12(7-9)16(22)23-8-19-14(20)10-3-1-2-4-11(10)15(19)21/h1-7H,8H2. The molecule has 0 radical (unpaired) electrons. The minimum absolute atomic E-state index is 0.200. The van der Waals surface area contributed by atoms with Crippen molar-refractivity contribution in [3.63, 3.8) is 0 Å². The van der Waals surface area contributed by atoms with Gasteiger partial charge in [0.1, 0.15) is 11.6 Å². The van der Waals surface area contributed by atoms with Gasteiger partial charge in [-0.15, -0.1) is 0 Å². The van der Waals surface area contributed by atoms with Crippen LogP contribution in [0.1, 0.15) is 31.1 Å². The average molecular weight is 317 g/mol. The summed E-state index contributed by atoms with van der Waals surface area (Å²) in [5.41, 5.74) is -0.211. The van der Waals surface area contributed by atoms with Gasteiger partial charge in [-0.1, -0.05) is 12.1 Å². The molecule has 1 aliphatic heterocycles. The van der Waals surface area contributed by atoms with E-state index in [0.717, 1.165) is 17.0 Å². The zero-order chi connectivity index (χ0) is 16.6. The van der Waals surface area contributed by atoms with Crippen LogP contribution in [0.4, 0.5) is 8.78 Å². The van der Waals surface area contributed by atoms with Crippen LogP contribution in [-0.2, 0) is 4.74 Å². The van der Waals surface area contributed by atoms with Gasteiger partial charge in [-0.25, -0.2) is 18.5 Å². The lowest BCUT2D eigenvalue weighted by atomic mass is 10.1. The van der Waals surface area contributed by atoms with Gasteiger partial charge < -0.3 is 4.74 Å². The first kappa shape index (κ1) is 14.8. The van der Waals surface area contributed by atoms with E-state index in [2.05, 4.69) is 0 Å². The quantitative estimate of drug-likeness (QED) is 0.644. The predicted molar refractivity (Wildman–Crippen MR) is 73.6 cm³/mol. The van der Waals surface area contributed by atoms with Crippen LogP contribution in [0.5, 0.6) is 0 Å². The Morgan fingerprint density at radius 1 is 1.00 bits per heavy atom. The zero-order valence-corrected chi connectivity index (χ0v) is 11.6. The number of hydrogen-bond acceptors (Lipinski definition) is 4. The first-order chi connectivity index (χ1) is 11.0. The Kier molecular flexibility index (Phi) is 3.61. The fraction of sp³-hybridized carbons (Fsp3) is 0.0625. The van der Waals surface area contributed by atoms with Crippen molar-refractivity contribution in [1.82, 2.24) is 4.90 Å². The Labute approximate surface area is 129 Å². The van der Waals surface area contributed by atoms with Crippen molar-refractivity contribution in [2.24, 2.45) is 0 Å². The SMILES string of the molecule is O=C(OCN1C(=O)c2ccccc2C1=O)c1cc(F)ccc1F. The molecular formula is C16H9F2NO4. The number of ether oxygens (including phenoxy) is 1. The third kappa shape index (κ3) is 2.57. The van der Waals surface area contributed by atoms with Crippen molar-refractivity contribution in [1.29, 1.82) is 0 Å². The highest BCUT2D eigenvalue weighted by Gasteiger charge is 2.35. The molecule has 0 fully saturated rings. The maximum Gasteiger partial charge on any atom is 0.342 e. The van der Waals surface area contributed by atoms with Crippen LogP contribution in [0.25, 0.3) is 0 Å². The number of carbonyl (C=O) groups is 3. The van der Waals surface area contributed by atoms with Gasteiger partial charge in [-0.3, -0.25) is 9.59 Å². The Hall–Kier alpha value is -3.09. The van der Waals surface area contributed by atoms with Crippen LogP contribution in [0.3, 0.4) is 0 Å². The van der Waals surface area contributed by atoms with Gasteiger partial charge in [-0.05, 0) is 30.3 Å². The van der Waals surface area contributed by atoms with Crippen molar-refractivity contribution < 1.29 is 27.9 Å². The number of hydrogen-bond donors (Lipinski definition) is 0. The Morgan fingerprint density at radius 3 is 2.22 bits per heavy atom. The van der Waals surface area contributed by atoms with Crippen LogP contribution in [0.2, 0.25) is 0 Å². The second-order valence-electron chi connectivity index (χ2n) is 4.77. The first-order valence-corrected chi connectivity index (χ1v) is 6.56. The summed E-state index contributed by atoms with van der Waals surface area (Å²) in [7, 11) is 0. The van der Waals surface area contributed by atoms with E-state index in [1.807, 2.05) is 0 Å². The third-order valence-corrected chi connectivity index (χ3v) is 3.35. The molecule has 0 aromatic heterocycles. The largest absolute Gasteiger partial charge is 0.440 e. The fourth-order valence-electron chi connectivity index (χ4n) is 2.21. The van der Waals surface area contributed by atoms with E-state index >= 15 is 0 Å². The van der Waals surface area contributed by atoms with E-state index in [1.54, 1.807) is 12.1 Å². The molecule has 2 amide bonds. The van der Waals surface area contributed by atoms with E-state index in [-0.39, 0.29) is 11.1 Å². The van der Waals surface area contributed by atoms with Crippen molar-refractivity contribution >= 4 is 17.8 Å². The molecule has 0 bridgehead atoms. The van der Waals surface area contributed by atoms with Crippen LogP contribution >= 0.6 is 0 Å². The lowest BCUT2D eigenvalue weighted by molar-refractivity contribution is 0.0224. The second-order valence-corrected chi connectivity index (χ2v) is 4.77. The van der Waals surface area contributed by atoms with Crippen LogP contribution in [-0.4, -0.2) is 29.4 Å². The number of benzene rings is 2. The van der Waals surface area contributed by atoms with Crippen LogP contribution in [0.15, 0.2) is 42.5 Å². The molecule has 0 N–H and O–H groups in total. The number of fused-ring (bicyclic) bond motifs is 1. The number of amides is 2. The molecule has 7 heteroatoms. The summed E-state index contributed by atoms with van der Waals surface area (Å²) < 4.78 is 31.3. The predicted octanol–water partition coefficient (Wildman–Crippen LogP) is 2.38. The smallest absolute Gasteiger partial charge is 0.342 e. The Balaban J connectivity index is 1.75. The summed E-state index contributed by atoms with van der Waals surface area (Å²) >= 11 is 0. The molecule has 0 aliphatic carbocycles. The van der Waals surface area contributed by atoms with Gasteiger partial charge in [0, 0.05) is 0 Å². The number of nitrogens with zero attached hydrogens (tertiary/aromatic N) is 1.